The fourth-order valence-electron chi connectivity index (χ4n) is 5.53. The Morgan fingerprint density at radius 2 is 1.79 bits per heavy atom. The third-order valence-electron chi connectivity index (χ3n) is 7.18. The fraction of sp³-hybridized carbons (Fsp3) is 0.615. The van der Waals surface area contributed by atoms with Crippen molar-refractivity contribution in [3.8, 4) is 11.5 Å². The third-order valence-corrected chi connectivity index (χ3v) is 7.18. The van der Waals surface area contributed by atoms with Gasteiger partial charge in [-0.05, 0) is 70.6 Å². The molecular formula is C26H37N2O5+. The summed E-state index contributed by atoms with van der Waals surface area (Å²) in [5.41, 5.74) is 0.511. The number of piperidine rings is 2. The second-order valence-electron chi connectivity index (χ2n) is 10.1. The van der Waals surface area contributed by atoms with Gasteiger partial charge >= 0.3 is 5.97 Å². The quantitative estimate of drug-likeness (QED) is 0.537. The summed E-state index contributed by atoms with van der Waals surface area (Å²) in [6.45, 7) is 8.75. The zero-order valence-corrected chi connectivity index (χ0v) is 20.1. The number of aromatic hydroxyl groups is 1. The van der Waals surface area contributed by atoms with Crippen LogP contribution in [0.3, 0.4) is 0 Å². The van der Waals surface area contributed by atoms with Crippen LogP contribution in [0.15, 0.2) is 18.2 Å². The number of phenols is 1. The van der Waals surface area contributed by atoms with Crippen LogP contribution in [-0.4, -0.2) is 59.8 Å². The van der Waals surface area contributed by atoms with Crippen LogP contribution in [0.4, 0.5) is 0 Å². The molecule has 2 saturated heterocycles. The number of carbonyl (C=O) groups excluding carboxylic acids is 2. The van der Waals surface area contributed by atoms with Crippen molar-refractivity contribution in [3.05, 3.63) is 29.3 Å². The Bertz CT molecular complexity index is 914. The zero-order valence-electron chi connectivity index (χ0n) is 20.1. The molecule has 2 fully saturated rings. The van der Waals surface area contributed by atoms with Crippen molar-refractivity contribution in [2.75, 3.05) is 26.2 Å². The van der Waals surface area contributed by atoms with Crippen molar-refractivity contribution in [2.24, 2.45) is 0 Å². The Hall–Kier alpha value is -2.54. The van der Waals surface area contributed by atoms with Gasteiger partial charge in [-0.3, -0.25) is 9.59 Å². The van der Waals surface area contributed by atoms with Crippen molar-refractivity contribution in [3.63, 3.8) is 0 Å². The van der Waals surface area contributed by atoms with Crippen LogP contribution >= 0.6 is 0 Å². The summed E-state index contributed by atoms with van der Waals surface area (Å²) in [7, 11) is 0. The predicted molar refractivity (Wildman–Crippen MR) is 125 cm³/mol. The summed E-state index contributed by atoms with van der Waals surface area (Å²) in [6, 6.07) is 3.42. The summed E-state index contributed by atoms with van der Waals surface area (Å²) in [5, 5.41) is 11.4. The van der Waals surface area contributed by atoms with Crippen molar-refractivity contribution >= 4 is 18.0 Å². The van der Waals surface area contributed by atoms with Gasteiger partial charge in [-0.1, -0.05) is 0 Å². The third kappa shape index (κ3) is 5.03. The summed E-state index contributed by atoms with van der Waals surface area (Å²) in [4.78, 5) is 27.8. The van der Waals surface area contributed by atoms with E-state index < -0.39 is 11.7 Å². The Balaban J connectivity index is 1.70. The van der Waals surface area contributed by atoms with Gasteiger partial charge in [0.15, 0.2) is 12.1 Å². The minimum Gasteiger partial charge on any atom is -0.507 e. The lowest BCUT2D eigenvalue weighted by atomic mass is 9.83. The topological polar surface area (TPSA) is 80.5 Å². The number of rotatable bonds is 4. The van der Waals surface area contributed by atoms with E-state index in [1.54, 1.807) is 18.2 Å². The van der Waals surface area contributed by atoms with Crippen LogP contribution in [0.2, 0.25) is 0 Å². The molecule has 7 nitrogen and oxygen atoms in total. The van der Waals surface area contributed by atoms with Gasteiger partial charge in [0.2, 0.25) is 5.91 Å². The highest BCUT2D eigenvalue weighted by Gasteiger charge is 2.52. The van der Waals surface area contributed by atoms with E-state index in [2.05, 4.69) is 0 Å². The molecular weight excluding hydrogens is 420 g/mol. The molecule has 0 saturated carbocycles. The largest absolute Gasteiger partial charge is 0.507 e. The number of carbonyl (C=O) groups is 2. The molecule has 3 aliphatic rings. The van der Waals surface area contributed by atoms with E-state index in [1.165, 1.54) is 24.7 Å². The maximum atomic E-state index is 12.6. The maximum absolute atomic E-state index is 12.6. The van der Waals surface area contributed by atoms with Crippen molar-refractivity contribution in [1.82, 2.24) is 4.90 Å². The van der Waals surface area contributed by atoms with E-state index in [0.29, 0.717) is 16.9 Å². The Morgan fingerprint density at radius 1 is 1.12 bits per heavy atom. The highest BCUT2D eigenvalue weighted by atomic mass is 16.6. The summed E-state index contributed by atoms with van der Waals surface area (Å²) in [6.07, 6.45) is 9.33. The minimum absolute atomic E-state index is 0.0276. The molecule has 4 rings (SSSR count). The van der Waals surface area contributed by atoms with Gasteiger partial charge in [-0.25, -0.2) is 0 Å². The van der Waals surface area contributed by atoms with Crippen molar-refractivity contribution in [1.29, 1.82) is 0 Å². The SMILES string of the molecule is CC(=O)O[C@@H]1[C@@H]([NH+]2CCCCC2)c2c(ccc(/C=C/C(=O)N3CCCCC3)c2O)OC1(C)C. The molecule has 7 heteroatoms. The number of phenolic OH excluding ortho intramolecular Hbond substituents is 1. The lowest BCUT2D eigenvalue weighted by molar-refractivity contribution is -0.941. The summed E-state index contributed by atoms with van der Waals surface area (Å²) in [5.74, 6) is 0.332. The molecule has 0 spiro atoms. The number of quaternary nitrogens is 1. The number of likely N-dealkylation sites (tertiary alicyclic amines) is 2. The zero-order chi connectivity index (χ0) is 23.6. The maximum Gasteiger partial charge on any atom is 0.303 e. The fourth-order valence-corrected chi connectivity index (χ4v) is 5.53. The number of hydrogen-bond donors (Lipinski definition) is 2. The average molecular weight is 458 g/mol. The molecule has 0 aliphatic carbocycles. The van der Waals surface area contributed by atoms with E-state index in [0.717, 1.165) is 51.9 Å². The average Bonchev–Trinajstić information content (AvgIpc) is 2.80. The smallest absolute Gasteiger partial charge is 0.303 e. The molecule has 1 aromatic rings. The monoisotopic (exact) mass is 457 g/mol. The van der Waals surface area contributed by atoms with Crippen LogP contribution in [0, 0.1) is 0 Å². The number of nitrogens with zero attached hydrogens (tertiary/aromatic N) is 1. The van der Waals surface area contributed by atoms with Crippen molar-refractivity contribution in [2.45, 2.75) is 77.0 Å². The molecule has 3 heterocycles. The Kier molecular flexibility index (Phi) is 6.98. The van der Waals surface area contributed by atoms with Gasteiger partial charge in [-0.2, -0.15) is 0 Å². The molecule has 0 unspecified atom stereocenters. The standard InChI is InChI=1S/C26H36N2O5/c1-18(29)32-25-23(28-16-8-5-9-17-28)22-20(33-26(25,2)3)12-10-19(24(22)31)11-13-21(30)27-14-6-4-7-15-27/h10-13,23,25,31H,4-9,14-17H2,1-3H3/p+1/b13-11+/t23-,25+/m0/s1. The van der Waals surface area contributed by atoms with Gasteiger partial charge in [0, 0.05) is 31.7 Å². The minimum atomic E-state index is -0.734. The molecule has 33 heavy (non-hydrogen) atoms. The molecule has 3 aliphatic heterocycles. The van der Waals surface area contributed by atoms with E-state index in [4.69, 9.17) is 9.47 Å². The van der Waals surface area contributed by atoms with E-state index in [1.807, 2.05) is 24.8 Å². The number of fused-ring (bicyclic) bond motifs is 1. The van der Waals surface area contributed by atoms with E-state index >= 15 is 0 Å². The number of esters is 1. The molecule has 1 aromatic carbocycles. The second-order valence-corrected chi connectivity index (χ2v) is 10.1. The summed E-state index contributed by atoms with van der Waals surface area (Å²) >= 11 is 0. The molecule has 2 N–H and O–H groups in total. The van der Waals surface area contributed by atoms with Gasteiger partial charge in [0.1, 0.15) is 17.1 Å². The number of benzene rings is 1. The van der Waals surface area contributed by atoms with Crippen LogP contribution in [0.5, 0.6) is 11.5 Å². The van der Waals surface area contributed by atoms with Gasteiger partial charge in [-0.15, -0.1) is 0 Å². The number of nitrogens with one attached hydrogen (secondary N) is 1. The number of ether oxygens (including phenoxy) is 2. The van der Waals surface area contributed by atoms with Gasteiger partial charge < -0.3 is 24.4 Å². The molecule has 0 bridgehead atoms. The van der Waals surface area contributed by atoms with Gasteiger partial charge in [0.25, 0.3) is 0 Å². The van der Waals surface area contributed by atoms with E-state index in [-0.39, 0.29) is 23.7 Å². The van der Waals surface area contributed by atoms with Crippen LogP contribution in [-0.2, 0) is 14.3 Å². The molecule has 1 amide bonds. The molecule has 180 valence electrons. The highest BCUT2D eigenvalue weighted by Crippen LogP contribution is 2.46. The van der Waals surface area contributed by atoms with E-state index in [9.17, 15) is 14.7 Å². The molecule has 2 atom stereocenters. The first kappa shape index (κ1) is 23.6. The van der Waals surface area contributed by atoms with Crippen molar-refractivity contribution < 1.29 is 29.1 Å². The van der Waals surface area contributed by atoms with Crippen LogP contribution < -0.4 is 9.64 Å². The summed E-state index contributed by atoms with van der Waals surface area (Å²) < 4.78 is 12.1. The Labute approximate surface area is 196 Å². The van der Waals surface area contributed by atoms with Crippen LogP contribution in [0.1, 0.15) is 76.5 Å². The van der Waals surface area contributed by atoms with Crippen LogP contribution in [0.25, 0.3) is 6.08 Å². The molecule has 0 radical (unpaired) electrons. The first-order chi connectivity index (χ1) is 15.8. The number of hydrogen-bond acceptors (Lipinski definition) is 5. The first-order valence-corrected chi connectivity index (χ1v) is 12.3. The van der Waals surface area contributed by atoms with Gasteiger partial charge in [0.05, 0.1) is 18.7 Å². The Morgan fingerprint density at radius 3 is 2.45 bits per heavy atom. The molecule has 0 aromatic heterocycles. The first-order valence-electron chi connectivity index (χ1n) is 12.3. The highest BCUT2D eigenvalue weighted by molar-refractivity contribution is 5.92. The lowest BCUT2D eigenvalue weighted by Crippen LogP contribution is -3.14. The predicted octanol–water partition coefficient (Wildman–Crippen LogP) is 2.63. The lowest BCUT2D eigenvalue weighted by Gasteiger charge is -2.46. The normalized spacial score (nSPS) is 25.4. The second kappa shape index (κ2) is 9.75. The number of amides is 1.